The Morgan fingerprint density at radius 3 is 2.21 bits per heavy atom. The van der Waals surface area contributed by atoms with Gasteiger partial charge in [0.05, 0.1) is 24.8 Å². The summed E-state index contributed by atoms with van der Waals surface area (Å²) in [5.41, 5.74) is 0.913. The number of sulfonamides is 1. The van der Waals surface area contributed by atoms with Crippen LogP contribution in [0.3, 0.4) is 0 Å². The van der Waals surface area contributed by atoms with Gasteiger partial charge in [-0.25, -0.2) is 8.42 Å². The van der Waals surface area contributed by atoms with Crippen molar-refractivity contribution >= 4 is 21.6 Å². The van der Waals surface area contributed by atoms with Crippen LogP contribution in [0.25, 0.3) is 0 Å². The van der Waals surface area contributed by atoms with Crippen LogP contribution in [0.4, 0.5) is 5.69 Å². The monoisotopic (exact) mass is 406 g/mol. The molecule has 0 aliphatic carbocycles. The molecule has 0 spiro atoms. The predicted molar refractivity (Wildman–Crippen MR) is 109 cm³/mol. The molecule has 1 N–H and O–H groups in total. The highest BCUT2D eigenvalue weighted by atomic mass is 32.2. The molecule has 0 radical (unpaired) electrons. The van der Waals surface area contributed by atoms with Crippen LogP contribution in [0.15, 0.2) is 47.4 Å². The highest BCUT2D eigenvalue weighted by Crippen LogP contribution is 2.31. The molecule has 8 heteroatoms. The van der Waals surface area contributed by atoms with Crippen LogP contribution in [0.1, 0.15) is 30.6 Å². The highest BCUT2D eigenvalue weighted by Gasteiger charge is 2.23. The molecule has 2 aromatic rings. The number of anilines is 1. The Kier molecular flexibility index (Phi) is 6.90. The Morgan fingerprint density at radius 1 is 1.07 bits per heavy atom. The minimum Gasteiger partial charge on any atom is -0.493 e. The van der Waals surface area contributed by atoms with Gasteiger partial charge in [-0.2, -0.15) is 0 Å². The number of benzene rings is 2. The number of hydrogen-bond donors (Lipinski definition) is 1. The summed E-state index contributed by atoms with van der Waals surface area (Å²) in [6.07, 6.45) is 0.829. The summed E-state index contributed by atoms with van der Waals surface area (Å²) in [4.78, 5) is 12.3. The van der Waals surface area contributed by atoms with Crippen molar-refractivity contribution in [1.82, 2.24) is 5.32 Å². The molecule has 1 atom stereocenters. The average molecular weight is 407 g/mol. The van der Waals surface area contributed by atoms with Gasteiger partial charge in [0.25, 0.3) is 15.9 Å². The first-order valence-corrected chi connectivity index (χ1v) is 10.3. The number of nitrogens with one attached hydrogen (secondary N) is 1. The van der Waals surface area contributed by atoms with E-state index in [4.69, 9.17) is 9.47 Å². The minimum atomic E-state index is -3.81. The van der Waals surface area contributed by atoms with Crippen LogP contribution in [0, 0.1) is 0 Å². The minimum absolute atomic E-state index is 0.0697. The van der Waals surface area contributed by atoms with E-state index in [9.17, 15) is 13.2 Å². The quantitative estimate of drug-likeness (QED) is 0.728. The molecule has 1 amide bonds. The van der Waals surface area contributed by atoms with Gasteiger partial charge in [-0.1, -0.05) is 6.92 Å². The van der Waals surface area contributed by atoms with Crippen molar-refractivity contribution in [2.45, 2.75) is 31.2 Å². The van der Waals surface area contributed by atoms with Crippen molar-refractivity contribution < 1.29 is 22.7 Å². The number of rotatable bonds is 8. The number of carbonyl (C=O) groups is 1. The molecule has 0 saturated carbocycles. The summed E-state index contributed by atoms with van der Waals surface area (Å²) in [5.74, 6) is 0.584. The third-order valence-electron chi connectivity index (χ3n) is 4.50. The third-order valence-corrected chi connectivity index (χ3v) is 6.28. The fraction of sp³-hybridized carbons (Fsp3) is 0.350. The van der Waals surface area contributed by atoms with Gasteiger partial charge in [0.15, 0.2) is 11.5 Å². The molecular formula is C20H26N2O5S. The summed E-state index contributed by atoms with van der Waals surface area (Å²) in [7, 11) is 0.579. The van der Waals surface area contributed by atoms with Gasteiger partial charge >= 0.3 is 0 Å². The van der Waals surface area contributed by atoms with Crippen LogP contribution in [-0.2, 0) is 10.0 Å². The number of hydrogen-bond acceptors (Lipinski definition) is 5. The summed E-state index contributed by atoms with van der Waals surface area (Å²) < 4.78 is 37.4. The highest BCUT2D eigenvalue weighted by molar-refractivity contribution is 7.92. The first-order chi connectivity index (χ1) is 13.2. The van der Waals surface area contributed by atoms with E-state index < -0.39 is 10.0 Å². The van der Waals surface area contributed by atoms with Gasteiger partial charge in [-0.05, 0) is 49.7 Å². The largest absolute Gasteiger partial charge is 0.493 e. The van der Waals surface area contributed by atoms with Gasteiger partial charge in [0, 0.05) is 24.7 Å². The lowest BCUT2D eigenvalue weighted by Gasteiger charge is -2.20. The summed E-state index contributed by atoms with van der Waals surface area (Å²) in [6, 6.07) is 10.9. The average Bonchev–Trinajstić information content (AvgIpc) is 2.72. The Labute approximate surface area is 166 Å². The molecule has 0 heterocycles. The van der Waals surface area contributed by atoms with Crippen molar-refractivity contribution in [1.29, 1.82) is 0 Å². The van der Waals surface area contributed by atoms with Crippen molar-refractivity contribution in [3.05, 3.63) is 48.0 Å². The maximum Gasteiger partial charge on any atom is 0.264 e. The van der Waals surface area contributed by atoms with Crippen LogP contribution < -0.4 is 19.1 Å². The van der Waals surface area contributed by atoms with Gasteiger partial charge in [0.2, 0.25) is 0 Å². The maximum atomic E-state index is 13.0. The number of amides is 1. The normalized spacial score (nSPS) is 12.2. The molecule has 0 aliphatic heterocycles. The predicted octanol–water partition coefficient (Wildman–Crippen LogP) is 3.06. The van der Waals surface area contributed by atoms with Crippen molar-refractivity contribution in [2.75, 3.05) is 25.6 Å². The molecule has 0 aromatic heterocycles. The summed E-state index contributed by atoms with van der Waals surface area (Å²) >= 11 is 0. The molecule has 0 saturated heterocycles. The number of carbonyl (C=O) groups excluding carboxylic acids is 1. The van der Waals surface area contributed by atoms with Crippen LogP contribution in [0.2, 0.25) is 0 Å². The van der Waals surface area contributed by atoms with E-state index in [1.54, 1.807) is 30.3 Å². The number of ether oxygens (including phenoxy) is 2. The Morgan fingerprint density at radius 2 is 1.68 bits per heavy atom. The lowest BCUT2D eigenvalue weighted by molar-refractivity contribution is 0.0939. The SMILES string of the molecule is CC[C@H](C)NC(=O)c1ccc(N(C)S(=O)(=O)c2ccc(OC)c(OC)c2)cc1. The second-order valence-electron chi connectivity index (χ2n) is 6.32. The molecule has 28 heavy (non-hydrogen) atoms. The second kappa shape index (κ2) is 8.97. The van der Waals surface area contributed by atoms with E-state index in [1.165, 1.54) is 33.4 Å². The molecule has 0 aliphatic rings. The first-order valence-electron chi connectivity index (χ1n) is 8.86. The molecule has 2 aromatic carbocycles. The Balaban J connectivity index is 2.27. The van der Waals surface area contributed by atoms with E-state index in [1.807, 2.05) is 13.8 Å². The van der Waals surface area contributed by atoms with E-state index in [0.717, 1.165) is 10.7 Å². The van der Waals surface area contributed by atoms with E-state index >= 15 is 0 Å². The van der Waals surface area contributed by atoms with E-state index in [-0.39, 0.29) is 16.8 Å². The standard InChI is InChI=1S/C20H26N2O5S/c1-6-14(2)21-20(23)15-7-9-16(10-8-15)22(3)28(24,25)17-11-12-18(26-4)19(13-17)27-5/h7-14H,6H2,1-5H3,(H,21,23)/t14-/m0/s1. The zero-order chi connectivity index (χ0) is 20.9. The molecule has 0 unspecified atom stereocenters. The molecule has 0 bridgehead atoms. The maximum absolute atomic E-state index is 13.0. The zero-order valence-electron chi connectivity index (χ0n) is 16.7. The second-order valence-corrected chi connectivity index (χ2v) is 8.29. The molecular weight excluding hydrogens is 380 g/mol. The Bertz CT molecular complexity index is 926. The van der Waals surface area contributed by atoms with Crippen molar-refractivity contribution in [3.63, 3.8) is 0 Å². The van der Waals surface area contributed by atoms with Crippen molar-refractivity contribution in [2.24, 2.45) is 0 Å². The molecule has 7 nitrogen and oxygen atoms in total. The Hall–Kier alpha value is -2.74. The number of nitrogens with zero attached hydrogens (tertiary/aromatic N) is 1. The molecule has 152 valence electrons. The van der Waals surface area contributed by atoms with Crippen molar-refractivity contribution in [3.8, 4) is 11.5 Å². The summed E-state index contributed by atoms with van der Waals surface area (Å²) in [5, 5.41) is 2.88. The lowest BCUT2D eigenvalue weighted by Crippen LogP contribution is -2.32. The zero-order valence-corrected chi connectivity index (χ0v) is 17.5. The number of methoxy groups -OCH3 is 2. The topological polar surface area (TPSA) is 84.9 Å². The van der Waals surface area contributed by atoms with Gasteiger partial charge in [0.1, 0.15) is 0 Å². The van der Waals surface area contributed by atoms with Crippen LogP contribution in [0.5, 0.6) is 11.5 Å². The van der Waals surface area contributed by atoms with E-state index in [0.29, 0.717) is 22.7 Å². The summed E-state index contributed by atoms with van der Waals surface area (Å²) in [6.45, 7) is 3.91. The van der Waals surface area contributed by atoms with Gasteiger partial charge in [-0.15, -0.1) is 0 Å². The van der Waals surface area contributed by atoms with Crippen LogP contribution in [-0.4, -0.2) is 41.6 Å². The third kappa shape index (κ3) is 4.56. The van der Waals surface area contributed by atoms with Gasteiger partial charge < -0.3 is 14.8 Å². The first kappa shape index (κ1) is 21.6. The molecule has 0 fully saturated rings. The lowest BCUT2D eigenvalue weighted by atomic mass is 10.1. The van der Waals surface area contributed by atoms with Gasteiger partial charge in [-0.3, -0.25) is 9.10 Å². The van der Waals surface area contributed by atoms with E-state index in [2.05, 4.69) is 5.32 Å². The molecule has 2 rings (SSSR count). The fourth-order valence-electron chi connectivity index (χ4n) is 2.51. The van der Waals surface area contributed by atoms with Crippen LogP contribution >= 0.6 is 0 Å². The smallest absolute Gasteiger partial charge is 0.264 e. The fourth-order valence-corrected chi connectivity index (χ4v) is 3.72.